The molecule has 34 heavy (non-hydrogen) atoms. The minimum Gasteiger partial charge on any atom is -0.350 e. The average molecular weight is 491 g/mol. The molecule has 0 radical (unpaired) electrons. The van der Waals surface area contributed by atoms with Gasteiger partial charge in [-0.2, -0.15) is 0 Å². The van der Waals surface area contributed by atoms with Crippen LogP contribution in [0.2, 0.25) is 5.02 Å². The molecule has 2 aliphatic rings. The number of aryl methyl sites for hydroxylation is 1. The summed E-state index contributed by atoms with van der Waals surface area (Å²) in [6, 6.07) is 14.1. The van der Waals surface area contributed by atoms with E-state index in [0.29, 0.717) is 11.6 Å². The summed E-state index contributed by atoms with van der Waals surface area (Å²) < 4.78 is 2.20. The number of likely N-dealkylation sites (tertiary alicyclic amines) is 1. The van der Waals surface area contributed by atoms with Crippen molar-refractivity contribution in [1.82, 2.24) is 14.5 Å². The number of fused-ring (bicyclic) bond motifs is 2. The van der Waals surface area contributed by atoms with Crippen LogP contribution in [-0.4, -0.2) is 46.5 Å². The first-order valence-electron chi connectivity index (χ1n) is 11.9. The highest BCUT2D eigenvalue weighted by Gasteiger charge is 2.30. The van der Waals surface area contributed by atoms with Gasteiger partial charge in [0.05, 0.1) is 11.2 Å². The standard InChI is InChI=1S/C27H27ClN4OS/c1-30-17-19(10-14-31-12-2-3-13-31)22-9-8-21(16-24(22)30)32-15-11-23-25(27(32)33)34-26(29-23)18-4-6-20(28)7-5-18/h4-9,16-17H,2-3,10-15H2,1H3. The Labute approximate surface area is 208 Å². The van der Waals surface area contributed by atoms with Gasteiger partial charge >= 0.3 is 0 Å². The molecule has 4 aromatic rings. The zero-order valence-electron chi connectivity index (χ0n) is 19.3. The number of anilines is 1. The van der Waals surface area contributed by atoms with E-state index >= 15 is 0 Å². The van der Waals surface area contributed by atoms with Crippen LogP contribution in [0.5, 0.6) is 0 Å². The van der Waals surface area contributed by atoms with Gasteiger partial charge in [-0.1, -0.05) is 29.8 Å². The fourth-order valence-electron chi connectivity index (χ4n) is 5.20. The molecule has 0 spiro atoms. The maximum Gasteiger partial charge on any atom is 0.270 e. The first-order chi connectivity index (χ1) is 16.6. The quantitative estimate of drug-likeness (QED) is 0.355. The first-order valence-corrected chi connectivity index (χ1v) is 13.1. The second-order valence-electron chi connectivity index (χ2n) is 9.27. The Morgan fingerprint density at radius 2 is 1.85 bits per heavy atom. The van der Waals surface area contributed by atoms with E-state index in [1.165, 1.54) is 53.7 Å². The lowest BCUT2D eigenvalue weighted by Crippen LogP contribution is -2.36. The summed E-state index contributed by atoms with van der Waals surface area (Å²) in [6.07, 6.45) is 6.73. The number of nitrogens with zero attached hydrogens (tertiary/aromatic N) is 4. The van der Waals surface area contributed by atoms with Gasteiger partial charge < -0.3 is 14.4 Å². The van der Waals surface area contributed by atoms with Crippen LogP contribution in [0.4, 0.5) is 5.69 Å². The van der Waals surface area contributed by atoms with Crippen molar-refractivity contribution in [2.45, 2.75) is 25.7 Å². The van der Waals surface area contributed by atoms with Gasteiger partial charge in [0.2, 0.25) is 0 Å². The monoisotopic (exact) mass is 490 g/mol. The van der Waals surface area contributed by atoms with Crippen LogP contribution in [0, 0.1) is 0 Å². The molecule has 1 saturated heterocycles. The van der Waals surface area contributed by atoms with Crippen molar-refractivity contribution >= 4 is 45.4 Å². The second-order valence-corrected chi connectivity index (χ2v) is 10.7. The Balaban J connectivity index is 1.26. The molecule has 2 aromatic heterocycles. The van der Waals surface area contributed by atoms with Crippen LogP contribution in [-0.2, 0) is 19.9 Å². The Morgan fingerprint density at radius 1 is 1.06 bits per heavy atom. The smallest absolute Gasteiger partial charge is 0.270 e. The van der Waals surface area contributed by atoms with Gasteiger partial charge in [-0.25, -0.2) is 4.98 Å². The number of rotatable bonds is 5. The summed E-state index contributed by atoms with van der Waals surface area (Å²) in [6.45, 7) is 4.22. The molecule has 0 saturated carbocycles. The van der Waals surface area contributed by atoms with E-state index in [9.17, 15) is 4.79 Å². The highest BCUT2D eigenvalue weighted by atomic mass is 35.5. The third-order valence-corrected chi connectivity index (χ3v) is 8.45. The summed E-state index contributed by atoms with van der Waals surface area (Å²) in [7, 11) is 2.10. The van der Waals surface area contributed by atoms with E-state index < -0.39 is 0 Å². The van der Waals surface area contributed by atoms with E-state index in [0.717, 1.165) is 46.2 Å². The van der Waals surface area contributed by atoms with Crippen molar-refractivity contribution in [1.29, 1.82) is 0 Å². The Bertz CT molecular complexity index is 1370. The molecule has 0 aliphatic carbocycles. The lowest BCUT2D eigenvalue weighted by molar-refractivity contribution is 0.0984. The molecular weight excluding hydrogens is 464 g/mol. The van der Waals surface area contributed by atoms with Gasteiger partial charge in [0, 0.05) is 54.4 Å². The number of hydrogen-bond acceptors (Lipinski definition) is 4. The van der Waals surface area contributed by atoms with Gasteiger partial charge in [0.25, 0.3) is 5.91 Å². The summed E-state index contributed by atoms with van der Waals surface area (Å²) in [4.78, 5) is 23.4. The molecule has 6 rings (SSSR count). The zero-order chi connectivity index (χ0) is 23.2. The zero-order valence-corrected chi connectivity index (χ0v) is 20.8. The second kappa shape index (κ2) is 8.84. The number of amides is 1. The SMILES string of the molecule is Cn1cc(CCN2CCCC2)c2ccc(N3CCc4nc(-c5ccc(Cl)cc5)sc4C3=O)cc21. The number of carbonyl (C=O) groups excluding carboxylic acids is 1. The van der Waals surface area contributed by atoms with E-state index in [1.54, 1.807) is 0 Å². The summed E-state index contributed by atoms with van der Waals surface area (Å²) in [5.74, 6) is 0.0433. The van der Waals surface area contributed by atoms with Gasteiger partial charge in [0.1, 0.15) is 9.88 Å². The molecule has 174 valence electrons. The molecule has 1 fully saturated rings. The topological polar surface area (TPSA) is 41.4 Å². The first kappa shape index (κ1) is 21.8. The van der Waals surface area contributed by atoms with Crippen molar-refractivity contribution in [2.75, 3.05) is 31.1 Å². The van der Waals surface area contributed by atoms with Crippen LogP contribution >= 0.6 is 22.9 Å². The number of hydrogen-bond donors (Lipinski definition) is 0. The lowest BCUT2D eigenvalue weighted by atomic mass is 10.1. The Morgan fingerprint density at radius 3 is 2.65 bits per heavy atom. The maximum absolute atomic E-state index is 13.5. The molecule has 0 unspecified atom stereocenters. The number of aromatic nitrogens is 2. The summed E-state index contributed by atoms with van der Waals surface area (Å²) in [5, 5.41) is 2.86. The van der Waals surface area contributed by atoms with Gasteiger partial charge in [-0.3, -0.25) is 4.79 Å². The normalized spacial score (nSPS) is 16.5. The molecule has 0 bridgehead atoms. The van der Waals surface area contributed by atoms with Crippen molar-refractivity contribution in [2.24, 2.45) is 7.05 Å². The van der Waals surface area contributed by atoms with Crippen molar-refractivity contribution in [3.05, 3.63) is 69.8 Å². The third-order valence-electron chi connectivity index (χ3n) is 7.06. The average Bonchev–Trinajstić information content (AvgIpc) is 3.58. The van der Waals surface area contributed by atoms with E-state index in [4.69, 9.17) is 16.6 Å². The van der Waals surface area contributed by atoms with Crippen molar-refractivity contribution in [3.8, 4) is 10.6 Å². The number of carbonyl (C=O) groups is 1. The molecule has 2 aliphatic heterocycles. The van der Waals surface area contributed by atoms with E-state index in [2.05, 4.69) is 40.9 Å². The predicted octanol–water partition coefficient (Wildman–Crippen LogP) is 5.80. The molecule has 2 aromatic carbocycles. The molecule has 0 atom stereocenters. The van der Waals surface area contributed by atoms with Crippen LogP contribution in [0.25, 0.3) is 21.5 Å². The summed E-state index contributed by atoms with van der Waals surface area (Å²) >= 11 is 7.50. The fourth-order valence-corrected chi connectivity index (χ4v) is 6.39. The van der Waals surface area contributed by atoms with E-state index in [1.807, 2.05) is 29.2 Å². The van der Waals surface area contributed by atoms with Gasteiger partial charge in [-0.15, -0.1) is 11.3 Å². The van der Waals surface area contributed by atoms with Crippen LogP contribution in [0.1, 0.15) is 33.8 Å². The Hall–Kier alpha value is -2.67. The minimum atomic E-state index is 0.0433. The van der Waals surface area contributed by atoms with E-state index in [-0.39, 0.29) is 5.91 Å². The van der Waals surface area contributed by atoms with Crippen LogP contribution in [0.3, 0.4) is 0 Å². The highest BCUT2D eigenvalue weighted by molar-refractivity contribution is 7.17. The van der Waals surface area contributed by atoms with Gasteiger partial charge in [0.15, 0.2) is 0 Å². The molecular formula is C27H27ClN4OS. The van der Waals surface area contributed by atoms with Crippen LogP contribution < -0.4 is 4.90 Å². The molecule has 4 heterocycles. The third kappa shape index (κ3) is 3.94. The summed E-state index contributed by atoms with van der Waals surface area (Å²) in [5.41, 5.74) is 5.42. The van der Waals surface area contributed by atoms with Crippen LogP contribution in [0.15, 0.2) is 48.7 Å². The molecule has 7 heteroatoms. The lowest BCUT2D eigenvalue weighted by Gasteiger charge is -2.26. The maximum atomic E-state index is 13.5. The largest absolute Gasteiger partial charge is 0.350 e. The molecule has 5 nitrogen and oxygen atoms in total. The van der Waals surface area contributed by atoms with Crippen molar-refractivity contribution < 1.29 is 4.79 Å². The van der Waals surface area contributed by atoms with Crippen molar-refractivity contribution in [3.63, 3.8) is 0 Å². The number of thiazole rings is 1. The minimum absolute atomic E-state index is 0.0433. The molecule has 1 amide bonds. The number of halogens is 1. The Kier molecular flexibility index (Phi) is 5.68. The fraction of sp³-hybridized carbons (Fsp3) is 0.333. The highest BCUT2D eigenvalue weighted by Crippen LogP contribution is 2.35. The predicted molar refractivity (Wildman–Crippen MR) is 140 cm³/mol. The van der Waals surface area contributed by atoms with Gasteiger partial charge in [-0.05, 0) is 62.2 Å². The molecule has 0 N–H and O–H groups in total. The number of benzene rings is 2.